The van der Waals surface area contributed by atoms with E-state index in [1.165, 1.54) is 6.07 Å². The molecule has 0 radical (unpaired) electrons. The first kappa shape index (κ1) is 18.1. The summed E-state index contributed by atoms with van der Waals surface area (Å²) in [5.74, 6) is -0.613. The van der Waals surface area contributed by atoms with Gasteiger partial charge in [-0.3, -0.25) is 4.79 Å². The van der Waals surface area contributed by atoms with Crippen LogP contribution in [0.3, 0.4) is 0 Å². The number of nitrogens with zero attached hydrogens (tertiary/aromatic N) is 2. The molecule has 6 heteroatoms. The number of hydrogen-bond acceptors (Lipinski definition) is 4. The van der Waals surface area contributed by atoms with Gasteiger partial charge in [0, 0.05) is 6.54 Å². The summed E-state index contributed by atoms with van der Waals surface area (Å²) in [4.78, 5) is 16.4. The second-order valence-electron chi connectivity index (χ2n) is 5.81. The number of nitriles is 1. The van der Waals surface area contributed by atoms with E-state index >= 15 is 0 Å². The van der Waals surface area contributed by atoms with Crippen molar-refractivity contribution in [2.24, 2.45) is 0 Å². The lowest BCUT2D eigenvalue weighted by Gasteiger charge is -2.09. The molecule has 0 spiro atoms. The van der Waals surface area contributed by atoms with Crippen molar-refractivity contribution in [2.45, 2.75) is 6.42 Å². The molecule has 5 nitrogen and oxygen atoms in total. The first-order chi connectivity index (χ1) is 13.2. The third-order valence-corrected chi connectivity index (χ3v) is 3.97. The third-order valence-electron chi connectivity index (χ3n) is 3.97. The van der Waals surface area contributed by atoms with Crippen LogP contribution in [0.1, 0.15) is 21.6 Å². The molecule has 0 aliphatic rings. The molecular weight excluding hydrogens is 343 g/mol. The fourth-order valence-electron chi connectivity index (χ4n) is 2.55. The van der Waals surface area contributed by atoms with Crippen LogP contribution in [0, 0.1) is 17.1 Å². The van der Waals surface area contributed by atoms with Gasteiger partial charge in [0.15, 0.2) is 0 Å². The summed E-state index contributed by atoms with van der Waals surface area (Å²) in [5.41, 5.74) is 2.45. The van der Waals surface area contributed by atoms with E-state index in [0.29, 0.717) is 29.8 Å². The molecule has 0 unspecified atom stereocenters. The van der Waals surface area contributed by atoms with E-state index in [4.69, 9.17) is 5.26 Å². The summed E-state index contributed by atoms with van der Waals surface area (Å²) < 4.78 is 13.6. The fourth-order valence-corrected chi connectivity index (χ4v) is 2.55. The number of rotatable bonds is 6. The lowest BCUT2D eigenvalue weighted by Crippen LogP contribution is -2.14. The molecule has 0 saturated carbocycles. The number of halogens is 1. The number of aromatic nitrogens is 1. The van der Waals surface area contributed by atoms with Crippen LogP contribution >= 0.6 is 0 Å². The predicted molar refractivity (Wildman–Crippen MR) is 102 cm³/mol. The summed E-state index contributed by atoms with van der Waals surface area (Å²) in [6, 6.07) is 18.8. The van der Waals surface area contributed by atoms with Gasteiger partial charge in [0.25, 0.3) is 5.91 Å². The number of nitrogens with one attached hydrogen (secondary N) is 2. The zero-order valence-electron chi connectivity index (χ0n) is 14.4. The van der Waals surface area contributed by atoms with Gasteiger partial charge in [0.05, 0.1) is 23.1 Å². The molecule has 1 heterocycles. The molecule has 0 aliphatic carbocycles. The van der Waals surface area contributed by atoms with Crippen LogP contribution in [0.4, 0.5) is 15.8 Å². The van der Waals surface area contributed by atoms with Crippen molar-refractivity contribution in [2.75, 3.05) is 17.2 Å². The van der Waals surface area contributed by atoms with Crippen LogP contribution in [0.25, 0.3) is 0 Å². The van der Waals surface area contributed by atoms with Gasteiger partial charge < -0.3 is 10.6 Å². The normalized spacial score (nSPS) is 10.1. The molecule has 1 amide bonds. The molecule has 1 aromatic heterocycles. The van der Waals surface area contributed by atoms with Crippen molar-refractivity contribution >= 4 is 17.3 Å². The van der Waals surface area contributed by atoms with E-state index < -0.39 is 5.91 Å². The number of hydrogen-bond donors (Lipinski definition) is 2. The molecule has 0 aliphatic heterocycles. The average molecular weight is 360 g/mol. The highest BCUT2D eigenvalue weighted by atomic mass is 19.1. The van der Waals surface area contributed by atoms with Crippen LogP contribution in [0.15, 0.2) is 66.9 Å². The van der Waals surface area contributed by atoms with Gasteiger partial charge >= 0.3 is 0 Å². The molecule has 0 bridgehead atoms. The highest BCUT2D eigenvalue weighted by Crippen LogP contribution is 2.15. The number of amides is 1. The van der Waals surface area contributed by atoms with Crippen molar-refractivity contribution in [3.63, 3.8) is 0 Å². The van der Waals surface area contributed by atoms with Gasteiger partial charge in [0.2, 0.25) is 0 Å². The molecule has 0 atom stereocenters. The summed E-state index contributed by atoms with van der Waals surface area (Å²) in [6.45, 7) is 0.545. The molecule has 0 fully saturated rings. The highest BCUT2D eigenvalue weighted by molar-refractivity contribution is 6.03. The molecular formula is C21H17FN4O. The van der Waals surface area contributed by atoms with Crippen LogP contribution in [-0.4, -0.2) is 17.4 Å². The number of carbonyl (C=O) groups excluding carboxylic acids is 1. The number of anilines is 2. The Labute approximate surface area is 156 Å². The number of pyridine rings is 1. The van der Waals surface area contributed by atoms with E-state index in [1.807, 2.05) is 6.07 Å². The zero-order valence-corrected chi connectivity index (χ0v) is 14.4. The van der Waals surface area contributed by atoms with Crippen molar-refractivity contribution in [1.82, 2.24) is 4.98 Å². The smallest absolute Gasteiger partial charge is 0.274 e. The van der Waals surface area contributed by atoms with Crippen LogP contribution < -0.4 is 10.6 Å². The second-order valence-corrected chi connectivity index (χ2v) is 5.81. The quantitative estimate of drug-likeness (QED) is 0.696. The lowest BCUT2D eigenvalue weighted by atomic mass is 10.1. The Hall–Kier alpha value is -3.72. The van der Waals surface area contributed by atoms with E-state index in [2.05, 4.69) is 15.6 Å². The maximum Gasteiger partial charge on any atom is 0.274 e. The molecule has 0 saturated heterocycles. The Bertz CT molecular complexity index is 980. The largest absolute Gasteiger partial charge is 0.383 e. The maximum atomic E-state index is 13.6. The number of carbonyl (C=O) groups is 1. The van der Waals surface area contributed by atoms with Gasteiger partial charge in [0.1, 0.15) is 17.6 Å². The Balaban J connectivity index is 1.57. The highest BCUT2D eigenvalue weighted by Gasteiger charge is 2.10. The summed E-state index contributed by atoms with van der Waals surface area (Å²) >= 11 is 0. The van der Waals surface area contributed by atoms with Crippen molar-refractivity contribution in [3.05, 3.63) is 89.5 Å². The van der Waals surface area contributed by atoms with Crippen LogP contribution in [0.5, 0.6) is 0 Å². The second kappa shape index (κ2) is 8.59. The number of benzene rings is 2. The minimum atomic E-state index is -0.393. The third kappa shape index (κ3) is 4.67. The molecule has 134 valence electrons. The van der Waals surface area contributed by atoms with E-state index in [1.54, 1.807) is 60.8 Å². The van der Waals surface area contributed by atoms with E-state index in [0.717, 1.165) is 5.69 Å². The summed E-state index contributed by atoms with van der Waals surface area (Å²) in [7, 11) is 0. The summed E-state index contributed by atoms with van der Waals surface area (Å²) in [5, 5.41) is 14.9. The van der Waals surface area contributed by atoms with Gasteiger partial charge in [-0.15, -0.1) is 0 Å². The lowest BCUT2D eigenvalue weighted by molar-refractivity contribution is 0.102. The monoisotopic (exact) mass is 360 g/mol. The summed E-state index contributed by atoms with van der Waals surface area (Å²) in [6.07, 6.45) is 2.09. The van der Waals surface area contributed by atoms with Crippen molar-refractivity contribution < 1.29 is 9.18 Å². The van der Waals surface area contributed by atoms with E-state index in [-0.39, 0.29) is 11.5 Å². The number of para-hydroxylation sites is 1. The molecule has 27 heavy (non-hydrogen) atoms. The molecule has 2 aromatic carbocycles. The van der Waals surface area contributed by atoms with Crippen molar-refractivity contribution in [3.8, 4) is 6.07 Å². The van der Waals surface area contributed by atoms with Crippen LogP contribution in [-0.2, 0) is 6.42 Å². The zero-order chi connectivity index (χ0) is 19.1. The topological polar surface area (TPSA) is 77.8 Å². The Morgan fingerprint density at radius 3 is 2.59 bits per heavy atom. The SMILES string of the molecule is N#Cc1ccccc1NC(=O)c1ccc(NCCc2ccccc2F)cn1. The Kier molecular flexibility index (Phi) is 5.75. The first-order valence-corrected chi connectivity index (χ1v) is 8.41. The molecule has 3 rings (SSSR count). The molecule has 3 aromatic rings. The van der Waals surface area contributed by atoms with Gasteiger partial charge in [-0.05, 0) is 42.3 Å². The van der Waals surface area contributed by atoms with Gasteiger partial charge in [-0.25, -0.2) is 9.37 Å². The van der Waals surface area contributed by atoms with E-state index in [9.17, 15) is 9.18 Å². The minimum Gasteiger partial charge on any atom is -0.383 e. The minimum absolute atomic E-state index is 0.220. The van der Waals surface area contributed by atoms with Crippen molar-refractivity contribution in [1.29, 1.82) is 5.26 Å². The molecule has 2 N–H and O–H groups in total. The Morgan fingerprint density at radius 1 is 1.07 bits per heavy atom. The Morgan fingerprint density at radius 2 is 1.85 bits per heavy atom. The van der Waals surface area contributed by atoms with Gasteiger partial charge in [-0.2, -0.15) is 5.26 Å². The maximum absolute atomic E-state index is 13.6. The average Bonchev–Trinajstić information content (AvgIpc) is 2.70. The standard InChI is InChI=1S/C21H17FN4O/c22-18-7-3-1-5-15(18)11-12-24-17-9-10-20(25-14-17)21(27)26-19-8-4-2-6-16(19)13-23/h1-10,14,24H,11-12H2,(H,26,27). The fraction of sp³-hybridized carbons (Fsp3) is 0.0952. The van der Waals surface area contributed by atoms with Crippen LogP contribution in [0.2, 0.25) is 0 Å². The first-order valence-electron chi connectivity index (χ1n) is 8.41. The predicted octanol–water partition coefficient (Wildman–Crippen LogP) is 4.00. The van der Waals surface area contributed by atoms with Gasteiger partial charge in [-0.1, -0.05) is 30.3 Å².